The first-order valence-electron chi connectivity index (χ1n) is 8.30. The molecular weight excluding hydrogens is 260 g/mol. The number of rotatable bonds is 2. The monoisotopic (exact) mass is 289 g/mol. The molecule has 0 spiro atoms. The molecule has 5 N–H and O–H groups in total. The molecule has 116 valence electrons. The molecule has 0 radical (unpaired) electrons. The van der Waals surface area contributed by atoms with E-state index in [-0.39, 0.29) is 16.9 Å². The number of hydrogen-bond donors (Lipinski definition) is 2. The SMILES string of the molecule is C=CC1(C)CCC2C(=CCC3C(N)(C=O)CCCC23[NH3+])C1. The Morgan fingerprint density at radius 2 is 2.19 bits per heavy atom. The minimum Gasteiger partial charge on any atom is -0.352 e. The lowest BCUT2D eigenvalue weighted by Crippen LogP contribution is -2.85. The minimum absolute atomic E-state index is 0.0412. The summed E-state index contributed by atoms with van der Waals surface area (Å²) in [5, 5.41) is 0. The van der Waals surface area contributed by atoms with Gasteiger partial charge >= 0.3 is 0 Å². The van der Waals surface area contributed by atoms with Crippen molar-refractivity contribution in [1.29, 1.82) is 0 Å². The van der Waals surface area contributed by atoms with E-state index < -0.39 is 5.54 Å². The molecule has 3 aliphatic carbocycles. The van der Waals surface area contributed by atoms with E-state index in [1.165, 1.54) is 6.42 Å². The lowest BCUT2D eigenvalue weighted by atomic mass is 9.51. The Hall–Kier alpha value is -0.930. The van der Waals surface area contributed by atoms with Gasteiger partial charge in [0.05, 0.1) is 5.54 Å². The quantitative estimate of drug-likeness (QED) is 0.603. The average molecular weight is 289 g/mol. The lowest BCUT2D eigenvalue weighted by molar-refractivity contribution is -0.516. The van der Waals surface area contributed by atoms with E-state index >= 15 is 0 Å². The first-order valence-corrected chi connectivity index (χ1v) is 8.30. The van der Waals surface area contributed by atoms with Gasteiger partial charge in [0.2, 0.25) is 0 Å². The Labute approximate surface area is 127 Å². The normalized spacial score (nSPS) is 49.6. The summed E-state index contributed by atoms with van der Waals surface area (Å²) < 4.78 is 0. The number of aldehydes is 1. The second kappa shape index (κ2) is 4.79. The van der Waals surface area contributed by atoms with E-state index in [0.717, 1.165) is 44.8 Å². The predicted molar refractivity (Wildman–Crippen MR) is 84.3 cm³/mol. The van der Waals surface area contributed by atoms with Crippen LogP contribution in [-0.2, 0) is 4.79 Å². The van der Waals surface area contributed by atoms with Crippen LogP contribution in [0.2, 0.25) is 0 Å². The van der Waals surface area contributed by atoms with Gasteiger partial charge in [0, 0.05) is 18.3 Å². The van der Waals surface area contributed by atoms with E-state index in [0.29, 0.717) is 5.92 Å². The highest BCUT2D eigenvalue weighted by Crippen LogP contribution is 2.54. The summed E-state index contributed by atoms with van der Waals surface area (Å²) in [5.41, 5.74) is 12.2. The highest BCUT2D eigenvalue weighted by molar-refractivity contribution is 5.65. The number of carbonyl (C=O) groups excluding carboxylic acids is 1. The van der Waals surface area contributed by atoms with E-state index in [1.807, 2.05) is 0 Å². The topological polar surface area (TPSA) is 70.7 Å². The zero-order chi connectivity index (χ0) is 15.3. The molecule has 5 atom stereocenters. The van der Waals surface area contributed by atoms with Crippen LogP contribution in [0, 0.1) is 17.3 Å². The highest BCUT2D eigenvalue weighted by Gasteiger charge is 2.59. The van der Waals surface area contributed by atoms with Crippen molar-refractivity contribution in [3.63, 3.8) is 0 Å². The summed E-state index contributed by atoms with van der Waals surface area (Å²) in [6, 6.07) is 0. The Morgan fingerprint density at radius 1 is 1.43 bits per heavy atom. The number of hydrogen-bond acceptors (Lipinski definition) is 2. The largest absolute Gasteiger partial charge is 0.352 e. The third-order valence-corrected chi connectivity index (χ3v) is 6.68. The third kappa shape index (κ3) is 2.13. The molecule has 0 heterocycles. The van der Waals surface area contributed by atoms with Gasteiger partial charge in [-0.3, -0.25) is 0 Å². The maximum Gasteiger partial charge on any atom is 0.140 e. The van der Waals surface area contributed by atoms with Crippen LogP contribution in [0.3, 0.4) is 0 Å². The van der Waals surface area contributed by atoms with Crippen molar-refractivity contribution in [1.82, 2.24) is 0 Å². The molecule has 3 heteroatoms. The standard InChI is InChI=1S/C18H28N2O/c1-3-16(2)10-7-14-13(11-16)5-6-15-17(19,12-21)8-4-9-18(14,15)20/h3,5,12,14-15H,1,4,6-11,19-20H2,2H3/p+1. The van der Waals surface area contributed by atoms with E-state index in [1.54, 1.807) is 5.57 Å². The van der Waals surface area contributed by atoms with Crippen LogP contribution in [0.25, 0.3) is 0 Å². The lowest BCUT2D eigenvalue weighted by Gasteiger charge is -2.55. The second-order valence-electron chi connectivity index (χ2n) is 8.01. The van der Waals surface area contributed by atoms with E-state index in [4.69, 9.17) is 5.73 Å². The number of allylic oxidation sites excluding steroid dienone is 2. The van der Waals surface area contributed by atoms with Gasteiger partial charge in [-0.2, -0.15) is 0 Å². The van der Waals surface area contributed by atoms with Crippen molar-refractivity contribution in [3.8, 4) is 0 Å². The molecule has 0 amide bonds. The molecule has 2 fully saturated rings. The molecule has 0 saturated heterocycles. The molecule has 0 aliphatic heterocycles. The maximum atomic E-state index is 11.6. The van der Waals surface area contributed by atoms with Crippen LogP contribution < -0.4 is 11.5 Å². The van der Waals surface area contributed by atoms with Gasteiger partial charge in [0.15, 0.2) is 0 Å². The smallest absolute Gasteiger partial charge is 0.140 e. The molecule has 3 rings (SSSR count). The van der Waals surface area contributed by atoms with Crippen molar-refractivity contribution in [2.75, 3.05) is 0 Å². The van der Waals surface area contributed by atoms with Gasteiger partial charge in [-0.1, -0.05) is 24.6 Å². The fourth-order valence-corrected chi connectivity index (χ4v) is 5.27. The molecule has 0 aromatic heterocycles. The summed E-state index contributed by atoms with van der Waals surface area (Å²) in [5.74, 6) is 0.713. The summed E-state index contributed by atoms with van der Waals surface area (Å²) in [7, 11) is 0. The molecule has 3 aliphatic rings. The van der Waals surface area contributed by atoms with Crippen molar-refractivity contribution in [3.05, 3.63) is 24.3 Å². The Balaban J connectivity index is 1.96. The first-order chi connectivity index (χ1) is 9.87. The third-order valence-electron chi connectivity index (χ3n) is 6.68. The van der Waals surface area contributed by atoms with Crippen LogP contribution >= 0.6 is 0 Å². The Morgan fingerprint density at radius 3 is 2.86 bits per heavy atom. The van der Waals surface area contributed by atoms with Crippen LogP contribution in [0.15, 0.2) is 24.3 Å². The van der Waals surface area contributed by atoms with Gasteiger partial charge in [0.25, 0.3) is 0 Å². The molecule has 2 saturated carbocycles. The van der Waals surface area contributed by atoms with Crippen LogP contribution in [-0.4, -0.2) is 17.4 Å². The highest BCUT2D eigenvalue weighted by atomic mass is 16.1. The molecule has 21 heavy (non-hydrogen) atoms. The molecule has 0 aromatic rings. The zero-order valence-electron chi connectivity index (χ0n) is 13.2. The molecular formula is C18H29N2O+. The van der Waals surface area contributed by atoms with Crippen LogP contribution in [0.5, 0.6) is 0 Å². The maximum absolute atomic E-state index is 11.6. The van der Waals surface area contributed by atoms with Gasteiger partial charge in [-0.25, -0.2) is 0 Å². The fourth-order valence-electron chi connectivity index (χ4n) is 5.27. The van der Waals surface area contributed by atoms with Gasteiger partial charge < -0.3 is 16.3 Å². The molecule has 0 bridgehead atoms. The number of fused-ring (bicyclic) bond motifs is 3. The Kier molecular flexibility index (Phi) is 3.42. The van der Waals surface area contributed by atoms with Gasteiger partial charge in [-0.15, -0.1) is 6.58 Å². The number of quaternary nitrogens is 1. The number of carbonyl (C=O) groups is 1. The molecule has 0 aromatic carbocycles. The van der Waals surface area contributed by atoms with Crippen molar-refractivity contribution < 1.29 is 10.5 Å². The van der Waals surface area contributed by atoms with Crippen molar-refractivity contribution >= 4 is 6.29 Å². The zero-order valence-corrected chi connectivity index (χ0v) is 13.2. The summed E-state index contributed by atoms with van der Waals surface area (Å²) in [4.78, 5) is 11.6. The summed E-state index contributed by atoms with van der Waals surface area (Å²) >= 11 is 0. The minimum atomic E-state index is -0.665. The molecule has 3 nitrogen and oxygen atoms in total. The Bertz CT molecular complexity index is 499. The molecule has 5 unspecified atom stereocenters. The van der Waals surface area contributed by atoms with Crippen molar-refractivity contribution in [2.45, 2.75) is 62.9 Å². The van der Waals surface area contributed by atoms with E-state index in [9.17, 15) is 4.79 Å². The second-order valence-corrected chi connectivity index (χ2v) is 8.01. The van der Waals surface area contributed by atoms with Crippen LogP contribution in [0.4, 0.5) is 0 Å². The summed E-state index contributed by atoms with van der Waals surface area (Å²) in [6.45, 7) is 6.32. The van der Waals surface area contributed by atoms with Gasteiger partial charge in [0.1, 0.15) is 11.8 Å². The average Bonchev–Trinajstić information content (AvgIpc) is 2.46. The first kappa shape index (κ1) is 15.0. The van der Waals surface area contributed by atoms with E-state index in [2.05, 4.69) is 31.4 Å². The van der Waals surface area contributed by atoms with Crippen LogP contribution in [0.1, 0.15) is 51.9 Å². The number of nitrogens with two attached hydrogens (primary N) is 1. The van der Waals surface area contributed by atoms with Crippen molar-refractivity contribution in [2.24, 2.45) is 23.0 Å². The summed E-state index contributed by atoms with van der Waals surface area (Å²) in [6.07, 6.45) is 12.8. The fraction of sp³-hybridized carbons (Fsp3) is 0.722. The van der Waals surface area contributed by atoms with Gasteiger partial charge in [-0.05, 0) is 43.9 Å². The predicted octanol–water partition coefficient (Wildman–Crippen LogP) is 1.99.